The zero-order valence-electron chi connectivity index (χ0n) is 14.2. The van der Waals surface area contributed by atoms with Crippen LogP contribution < -0.4 is 0 Å². The van der Waals surface area contributed by atoms with E-state index in [4.69, 9.17) is 0 Å². The van der Waals surface area contributed by atoms with Crippen molar-refractivity contribution in [2.24, 2.45) is 4.36 Å². The molecule has 0 bridgehead atoms. The lowest BCUT2D eigenvalue weighted by Crippen LogP contribution is -2.08. The van der Waals surface area contributed by atoms with Crippen LogP contribution >= 0.6 is 0 Å². The lowest BCUT2D eigenvalue weighted by Gasteiger charge is -2.13. The SMILES string of the molecule is Cc1ccc(-n2nc(C(F)(F)F)cc2-c2ccc(F)cc2)c(C)c1N=S=O. The second kappa shape index (κ2) is 7.07. The van der Waals surface area contributed by atoms with Crippen molar-refractivity contribution in [2.45, 2.75) is 20.0 Å². The molecule has 3 rings (SSSR count). The summed E-state index contributed by atoms with van der Waals surface area (Å²) in [5.41, 5.74) is 1.42. The Morgan fingerprint density at radius 2 is 1.74 bits per heavy atom. The fourth-order valence-corrected chi connectivity index (χ4v) is 3.12. The van der Waals surface area contributed by atoms with Crippen LogP contribution in [0.25, 0.3) is 16.9 Å². The fraction of sp³-hybridized carbons (Fsp3) is 0.167. The van der Waals surface area contributed by atoms with Gasteiger partial charge in [-0.2, -0.15) is 26.8 Å². The molecule has 2 aromatic carbocycles. The van der Waals surface area contributed by atoms with Crippen molar-refractivity contribution in [3.05, 3.63) is 65.1 Å². The van der Waals surface area contributed by atoms with E-state index in [1.807, 2.05) is 0 Å². The molecule has 0 atom stereocenters. The van der Waals surface area contributed by atoms with Crippen LogP contribution in [-0.2, 0) is 17.6 Å². The quantitative estimate of drug-likeness (QED) is 0.562. The predicted molar refractivity (Wildman–Crippen MR) is 93.7 cm³/mol. The van der Waals surface area contributed by atoms with E-state index >= 15 is 0 Å². The van der Waals surface area contributed by atoms with Gasteiger partial charge in [-0.15, -0.1) is 0 Å². The minimum absolute atomic E-state index is 0.0223. The van der Waals surface area contributed by atoms with Gasteiger partial charge in [0.25, 0.3) is 0 Å². The summed E-state index contributed by atoms with van der Waals surface area (Å²) in [6.45, 7) is 3.40. The number of benzene rings is 2. The summed E-state index contributed by atoms with van der Waals surface area (Å²) in [6, 6.07) is 9.26. The van der Waals surface area contributed by atoms with E-state index in [9.17, 15) is 21.8 Å². The van der Waals surface area contributed by atoms with Crippen LogP contribution in [0.5, 0.6) is 0 Å². The Balaban J connectivity index is 2.29. The molecule has 0 aliphatic carbocycles. The molecule has 9 heteroatoms. The van der Waals surface area contributed by atoms with Crippen LogP contribution in [0.4, 0.5) is 23.2 Å². The minimum Gasteiger partial charge on any atom is -0.232 e. The molecule has 0 aliphatic rings. The first kappa shape index (κ1) is 19.0. The highest BCUT2D eigenvalue weighted by Crippen LogP contribution is 2.36. The van der Waals surface area contributed by atoms with Crippen molar-refractivity contribution in [1.29, 1.82) is 0 Å². The average molecular weight is 395 g/mol. The van der Waals surface area contributed by atoms with Crippen LogP contribution in [0.2, 0.25) is 0 Å². The largest absolute Gasteiger partial charge is 0.435 e. The first-order chi connectivity index (χ1) is 12.7. The second-order valence-corrected chi connectivity index (χ2v) is 6.20. The maximum atomic E-state index is 13.2. The standard InChI is InChI=1S/C18H13F4N3OS/c1-10-3-8-14(11(2)17(10)24-27-26)25-15(9-16(23-25)18(20,21)22)12-4-6-13(19)7-5-12/h3-9H,1-2H3. The molecule has 0 fully saturated rings. The molecule has 4 nitrogen and oxygen atoms in total. The van der Waals surface area contributed by atoms with Gasteiger partial charge in [-0.1, -0.05) is 6.07 Å². The lowest BCUT2D eigenvalue weighted by atomic mass is 10.1. The zero-order valence-corrected chi connectivity index (χ0v) is 15.0. The smallest absolute Gasteiger partial charge is 0.232 e. The highest BCUT2D eigenvalue weighted by molar-refractivity contribution is 7.54. The number of rotatable bonds is 3. The molecule has 0 N–H and O–H groups in total. The van der Waals surface area contributed by atoms with E-state index in [0.29, 0.717) is 28.1 Å². The molecule has 27 heavy (non-hydrogen) atoms. The number of hydrogen-bond donors (Lipinski definition) is 0. The summed E-state index contributed by atoms with van der Waals surface area (Å²) >= 11 is 0.0223. The summed E-state index contributed by atoms with van der Waals surface area (Å²) in [4.78, 5) is 0. The molecule has 0 saturated carbocycles. The number of hydrogen-bond acceptors (Lipinski definition) is 3. The monoisotopic (exact) mass is 395 g/mol. The summed E-state index contributed by atoms with van der Waals surface area (Å²) in [6.07, 6.45) is -4.64. The highest BCUT2D eigenvalue weighted by Gasteiger charge is 2.35. The normalized spacial score (nSPS) is 11.5. The van der Waals surface area contributed by atoms with Gasteiger partial charge in [0.2, 0.25) is 11.5 Å². The van der Waals surface area contributed by atoms with Gasteiger partial charge < -0.3 is 0 Å². The van der Waals surface area contributed by atoms with E-state index in [2.05, 4.69) is 9.46 Å². The van der Waals surface area contributed by atoms with Crippen LogP contribution in [0.3, 0.4) is 0 Å². The van der Waals surface area contributed by atoms with Crippen LogP contribution in [0.15, 0.2) is 46.8 Å². The number of aromatic nitrogens is 2. The van der Waals surface area contributed by atoms with Gasteiger partial charge in [0.05, 0.1) is 17.1 Å². The van der Waals surface area contributed by atoms with Crippen molar-refractivity contribution >= 4 is 17.2 Å². The predicted octanol–water partition coefficient (Wildman–Crippen LogP) is 5.34. The van der Waals surface area contributed by atoms with Gasteiger partial charge in [0, 0.05) is 11.1 Å². The molecule has 1 aromatic heterocycles. The highest BCUT2D eigenvalue weighted by atomic mass is 32.1. The maximum Gasteiger partial charge on any atom is 0.435 e. The molecule has 0 unspecified atom stereocenters. The van der Waals surface area contributed by atoms with Gasteiger partial charge in [-0.05, 0) is 55.8 Å². The summed E-state index contributed by atoms with van der Waals surface area (Å²) in [7, 11) is 0. The first-order valence-corrected chi connectivity index (χ1v) is 8.46. The first-order valence-electron chi connectivity index (χ1n) is 7.76. The molecule has 1 heterocycles. The Morgan fingerprint density at radius 3 is 2.33 bits per heavy atom. The van der Waals surface area contributed by atoms with Crippen molar-refractivity contribution in [3.63, 3.8) is 0 Å². The van der Waals surface area contributed by atoms with Gasteiger partial charge in [0.1, 0.15) is 5.82 Å². The molecule has 140 valence electrons. The van der Waals surface area contributed by atoms with Gasteiger partial charge in [-0.25, -0.2) is 9.07 Å². The third-order valence-corrected chi connectivity index (χ3v) is 4.36. The Bertz CT molecular complexity index is 1050. The number of nitrogens with zero attached hydrogens (tertiary/aromatic N) is 3. The molecule has 3 aromatic rings. The molecular weight excluding hydrogens is 382 g/mol. The zero-order chi connectivity index (χ0) is 19.8. The van der Waals surface area contributed by atoms with E-state index < -0.39 is 17.7 Å². The summed E-state index contributed by atoms with van der Waals surface area (Å²) in [5.74, 6) is -0.499. The van der Waals surface area contributed by atoms with Crippen LogP contribution in [-0.4, -0.2) is 14.0 Å². The van der Waals surface area contributed by atoms with Crippen molar-refractivity contribution in [3.8, 4) is 16.9 Å². The maximum absolute atomic E-state index is 13.2. The van der Waals surface area contributed by atoms with E-state index in [1.54, 1.807) is 26.0 Å². The third-order valence-electron chi connectivity index (χ3n) is 4.10. The van der Waals surface area contributed by atoms with Crippen molar-refractivity contribution in [2.75, 3.05) is 0 Å². The van der Waals surface area contributed by atoms with Gasteiger partial charge in [0.15, 0.2) is 5.69 Å². The summed E-state index contributed by atoms with van der Waals surface area (Å²) < 4.78 is 68.7. The number of aryl methyl sites for hydroxylation is 1. The van der Waals surface area contributed by atoms with Crippen molar-refractivity contribution in [1.82, 2.24) is 9.78 Å². The summed E-state index contributed by atoms with van der Waals surface area (Å²) in [5, 5.41) is 3.71. The lowest BCUT2D eigenvalue weighted by molar-refractivity contribution is -0.141. The molecule has 0 amide bonds. The Labute approximate surface area is 155 Å². The second-order valence-electron chi connectivity index (χ2n) is 5.87. The Morgan fingerprint density at radius 1 is 1.07 bits per heavy atom. The molecule has 0 radical (unpaired) electrons. The Kier molecular flexibility index (Phi) is 4.97. The molecule has 0 spiro atoms. The average Bonchev–Trinajstić information content (AvgIpc) is 3.05. The molecule has 0 saturated heterocycles. The van der Waals surface area contributed by atoms with Crippen LogP contribution in [0, 0.1) is 19.7 Å². The third kappa shape index (κ3) is 3.68. The molecular formula is C18H13F4N3OS. The fourth-order valence-electron chi connectivity index (χ4n) is 2.76. The minimum atomic E-state index is -4.64. The van der Waals surface area contributed by atoms with Crippen molar-refractivity contribution < 1.29 is 21.8 Å². The van der Waals surface area contributed by atoms with E-state index in [1.165, 1.54) is 12.1 Å². The van der Waals surface area contributed by atoms with Crippen LogP contribution in [0.1, 0.15) is 16.8 Å². The van der Waals surface area contributed by atoms with E-state index in [0.717, 1.165) is 22.9 Å². The van der Waals surface area contributed by atoms with Gasteiger partial charge >= 0.3 is 6.18 Å². The number of halogens is 4. The van der Waals surface area contributed by atoms with E-state index in [-0.39, 0.29) is 17.2 Å². The van der Waals surface area contributed by atoms with Gasteiger partial charge in [-0.3, -0.25) is 0 Å². The number of alkyl halides is 3. The Hall–Kier alpha value is -2.81. The topological polar surface area (TPSA) is 47.2 Å². The molecule has 0 aliphatic heterocycles.